The van der Waals surface area contributed by atoms with E-state index in [2.05, 4.69) is 10.2 Å². The lowest BCUT2D eigenvalue weighted by Gasteiger charge is -2.18. The first-order valence-corrected chi connectivity index (χ1v) is 4.09. The molecule has 0 aliphatic carbocycles. The van der Waals surface area contributed by atoms with Crippen molar-refractivity contribution in [3.8, 4) is 0 Å². The van der Waals surface area contributed by atoms with Crippen molar-refractivity contribution in [1.29, 1.82) is 0 Å². The van der Waals surface area contributed by atoms with E-state index in [9.17, 15) is 14.4 Å². The summed E-state index contributed by atoms with van der Waals surface area (Å²) in [5, 5.41) is 32.1. The number of nitrogens with one attached hydrogen (secondary N) is 1. The lowest BCUT2D eigenvalue weighted by Crippen LogP contribution is -2.48. The van der Waals surface area contributed by atoms with Crippen molar-refractivity contribution in [2.24, 2.45) is 5.41 Å². The van der Waals surface area contributed by atoms with Gasteiger partial charge in [-0.1, -0.05) is 0 Å². The van der Waals surface area contributed by atoms with Crippen LogP contribution in [-0.2, 0) is 20.8 Å². The van der Waals surface area contributed by atoms with Crippen molar-refractivity contribution in [2.75, 3.05) is 0 Å². The summed E-state index contributed by atoms with van der Waals surface area (Å²) in [6, 6.07) is 0. The fourth-order valence-electron chi connectivity index (χ4n) is 1.18. The van der Waals surface area contributed by atoms with Crippen molar-refractivity contribution in [2.45, 2.75) is 6.42 Å². The molecule has 0 saturated heterocycles. The van der Waals surface area contributed by atoms with E-state index in [4.69, 9.17) is 15.3 Å². The second kappa shape index (κ2) is 4.01. The van der Waals surface area contributed by atoms with Gasteiger partial charge in [-0.2, -0.15) is 5.10 Å². The maximum absolute atomic E-state index is 10.8. The van der Waals surface area contributed by atoms with Crippen LogP contribution >= 0.6 is 0 Å². The Morgan fingerprint density at radius 3 is 2.00 bits per heavy atom. The predicted octanol–water partition coefficient (Wildman–Crippen LogP) is -0.808. The largest absolute Gasteiger partial charge is 0.480 e. The summed E-state index contributed by atoms with van der Waals surface area (Å²) >= 11 is 0. The molecule has 4 N–H and O–H groups in total. The van der Waals surface area contributed by atoms with E-state index in [-0.39, 0.29) is 5.56 Å². The number of hydrogen-bond acceptors (Lipinski definition) is 4. The smallest absolute Gasteiger partial charge is 0.333 e. The van der Waals surface area contributed by atoms with Crippen molar-refractivity contribution >= 4 is 17.9 Å². The normalized spacial score (nSPS) is 11.0. The number of carboxylic acid groups (broad SMARTS) is 3. The Hall–Kier alpha value is -2.38. The van der Waals surface area contributed by atoms with Gasteiger partial charge in [-0.05, 0) is 5.56 Å². The van der Waals surface area contributed by atoms with Crippen LogP contribution in [0, 0.1) is 5.41 Å². The highest BCUT2D eigenvalue weighted by Gasteiger charge is 2.54. The third-order valence-corrected chi connectivity index (χ3v) is 2.12. The third kappa shape index (κ3) is 1.72. The molecule has 0 amide bonds. The molecule has 1 aromatic heterocycles. The molecular formula is C8H8N2O6. The molecule has 0 spiro atoms. The Morgan fingerprint density at radius 2 is 1.69 bits per heavy atom. The molecule has 0 bridgehead atoms. The zero-order valence-corrected chi connectivity index (χ0v) is 7.88. The first-order valence-electron chi connectivity index (χ1n) is 4.09. The van der Waals surface area contributed by atoms with Gasteiger partial charge in [0.25, 0.3) is 5.41 Å². The Labute approximate surface area is 88.5 Å². The van der Waals surface area contributed by atoms with Gasteiger partial charge in [-0.3, -0.25) is 19.5 Å². The van der Waals surface area contributed by atoms with E-state index in [1.54, 1.807) is 0 Å². The van der Waals surface area contributed by atoms with Crippen LogP contribution in [-0.4, -0.2) is 43.4 Å². The number of carboxylic acids is 3. The molecule has 16 heavy (non-hydrogen) atoms. The van der Waals surface area contributed by atoms with Gasteiger partial charge in [0.1, 0.15) is 0 Å². The van der Waals surface area contributed by atoms with Gasteiger partial charge in [0.05, 0.1) is 6.20 Å². The van der Waals surface area contributed by atoms with Gasteiger partial charge in [-0.15, -0.1) is 0 Å². The minimum Gasteiger partial charge on any atom is -0.480 e. The number of aromatic nitrogens is 2. The quantitative estimate of drug-likeness (QED) is 0.483. The van der Waals surface area contributed by atoms with Crippen LogP contribution in [0.5, 0.6) is 0 Å². The van der Waals surface area contributed by atoms with Crippen LogP contribution in [0.2, 0.25) is 0 Å². The molecule has 0 unspecified atom stereocenters. The number of rotatable bonds is 5. The number of carbonyl (C=O) groups is 3. The number of aromatic amines is 1. The molecular weight excluding hydrogens is 220 g/mol. The van der Waals surface area contributed by atoms with E-state index in [1.807, 2.05) is 0 Å². The molecule has 1 aromatic rings. The number of H-pyrrole nitrogens is 1. The second-order valence-electron chi connectivity index (χ2n) is 3.10. The Morgan fingerprint density at radius 1 is 1.19 bits per heavy atom. The fourth-order valence-corrected chi connectivity index (χ4v) is 1.18. The number of hydrogen-bond donors (Lipinski definition) is 4. The van der Waals surface area contributed by atoms with Crippen LogP contribution < -0.4 is 0 Å². The van der Waals surface area contributed by atoms with Gasteiger partial charge in [0.2, 0.25) is 0 Å². The summed E-state index contributed by atoms with van der Waals surface area (Å²) in [6.45, 7) is 0. The van der Waals surface area contributed by atoms with Crippen molar-refractivity contribution in [1.82, 2.24) is 10.2 Å². The lowest BCUT2D eigenvalue weighted by molar-refractivity contribution is -0.175. The molecule has 0 aromatic carbocycles. The summed E-state index contributed by atoms with van der Waals surface area (Å²) in [4.78, 5) is 32.5. The van der Waals surface area contributed by atoms with Gasteiger partial charge in [0.15, 0.2) is 0 Å². The Balaban J connectivity index is 3.18. The molecule has 0 atom stereocenters. The third-order valence-electron chi connectivity index (χ3n) is 2.12. The van der Waals surface area contributed by atoms with Gasteiger partial charge in [-0.25, -0.2) is 0 Å². The molecule has 1 heterocycles. The maximum Gasteiger partial charge on any atom is 0.333 e. The number of nitrogens with zero attached hydrogens (tertiary/aromatic N) is 1. The van der Waals surface area contributed by atoms with Crippen molar-refractivity contribution in [3.05, 3.63) is 18.0 Å². The zero-order chi connectivity index (χ0) is 12.3. The summed E-state index contributed by atoms with van der Waals surface area (Å²) < 4.78 is 0. The maximum atomic E-state index is 10.8. The highest BCUT2D eigenvalue weighted by molar-refractivity contribution is 6.16. The minimum absolute atomic E-state index is 0.187. The molecule has 8 nitrogen and oxygen atoms in total. The van der Waals surface area contributed by atoms with E-state index in [0.717, 1.165) is 0 Å². The SMILES string of the molecule is O=C(O)C(Cc1cn[nH]c1)(C(=O)O)C(=O)O. The van der Waals surface area contributed by atoms with E-state index in [1.165, 1.54) is 12.4 Å². The van der Waals surface area contributed by atoms with Gasteiger partial charge < -0.3 is 15.3 Å². The lowest BCUT2D eigenvalue weighted by atomic mass is 9.82. The van der Waals surface area contributed by atoms with Crippen molar-refractivity contribution < 1.29 is 29.7 Å². The summed E-state index contributed by atoms with van der Waals surface area (Å²) in [7, 11) is 0. The number of aliphatic carboxylic acids is 3. The minimum atomic E-state index is -2.89. The Kier molecular flexibility index (Phi) is 2.93. The summed E-state index contributed by atoms with van der Waals surface area (Å²) in [5.41, 5.74) is -2.70. The highest BCUT2D eigenvalue weighted by Crippen LogP contribution is 2.24. The standard InChI is InChI=1S/C8H8N2O6/c11-5(12)8(6(13)14,7(15)16)1-4-2-9-10-3-4/h2-3H,1H2,(H,9,10)(H,11,12)(H,13,14)(H,15,16). The first-order chi connectivity index (χ1) is 7.41. The molecule has 8 heteroatoms. The second-order valence-corrected chi connectivity index (χ2v) is 3.10. The fraction of sp³-hybridized carbons (Fsp3) is 0.250. The van der Waals surface area contributed by atoms with Crippen LogP contribution in [0.3, 0.4) is 0 Å². The molecule has 0 aliphatic rings. The first kappa shape index (κ1) is 11.7. The van der Waals surface area contributed by atoms with Crippen LogP contribution in [0.4, 0.5) is 0 Å². The van der Waals surface area contributed by atoms with E-state index < -0.39 is 29.7 Å². The van der Waals surface area contributed by atoms with E-state index >= 15 is 0 Å². The molecule has 1 rings (SSSR count). The molecule has 86 valence electrons. The van der Waals surface area contributed by atoms with Crippen molar-refractivity contribution in [3.63, 3.8) is 0 Å². The highest BCUT2D eigenvalue weighted by atomic mass is 16.4. The zero-order valence-electron chi connectivity index (χ0n) is 7.88. The average molecular weight is 228 g/mol. The monoisotopic (exact) mass is 228 g/mol. The van der Waals surface area contributed by atoms with Crippen LogP contribution in [0.15, 0.2) is 12.4 Å². The van der Waals surface area contributed by atoms with Gasteiger partial charge in [0, 0.05) is 12.6 Å². The van der Waals surface area contributed by atoms with Gasteiger partial charge >= 0.3 is 17.9 Å². The van der Waals surface area contributed by atoms with Crippen LogP contribution in [0.1, 0.15) is 5.56 Å². The van der Waals surface area contributed by atoms with E-state index in [0.29, 0.717) is 0 Å². The predicted molar refractivity (Wildman–Crippen MR) is 47.6 cm³/mol. The van der Waals surface area contributed by atoms with Crippen LogP contribution in [0.25, 0.3) is 0 Å². The topological polar surface area (TPSA) is 141 Å². The summed E-state index contributed by atoms with van der Waals surface area (Å²) in [6.07, 6.45) is 1.73. The Bertz CT molecular complexity index is 388. The average Bonchev–Trinajstić information content (AvgIpc) is 2.64. The molecule has 0 radical (unpaired) electrons. The molecule has 0 aliphatic heterocycles. The molecule has 0 fully saturated rings. The molecule has 0 saturated carbocycles. The summed E-state index contributed by atoms with van der Waals surface area (Å²) in [5.74, 6) is -5.77.